The van der Waals surface area contributed by atoms with Crippen molar-refractivity contribution in [2.45, 2.75) is 33.6 Å². The zero-order chi connectivity index (χ0) is 21.3. The number of H-pyrrole nitrogens is 1. The third kappa shape index (κ3) is 3.59. The van der Waals surface area contributed by atoms with Gasteiger partial charge in [-0.1, -0.05) is 49.4 Å². The van der Waals surface area contributed by atoms with E-state index < -0.39 is 0 Å². The number of esters is 1. The Labute approximate surface area is 176 Å². The maximum absolute atomic E-state index is 12.1. The number of methoxy groups -OCH3 is 1. The number of nitrogens with zero attached hydrogens (tertiary/aromatic N) is 2. The number of aromatic amines is 1. The molecule has 5 heteroatoms. The van der Waals surface area contributed by atoms with E-state index in [0.29, 0.717) is 5.56 Å². The summed E-state index contributed by atoms with van der Waals surface area (Å²) in [5.74, 6) is 0.636. The predicted octanol–water partition coefficient (Wildman–Crippen LogP) is 5.18. The molecule has 0 spiro atoms. The third-order valence-corrected chi connectivity index (χ3v) is 5.58. The van der Waals surface area contributed by atoms with E-state index in [4.69, 9.17) is 9.72 Å². The number of carbonyl (C=O) groups is 1. The molecule has 0 saturated carbocycles. The molecule has 2 aromatic carbocycles. The van der Waals surface area contributed by atoms with Crippen LogP contribution in [0.2, 0.25) is 0 Å². The van der Waals surface area contributed by atoms with Crippen LogP contribution in [0.15, 0.2) is 48.5 Å². The normalized spacial score (nSPS) is 11.1. The first-order valence-electron chi connectivity index (χ1n) is 10.1. The van der Waals surface area contributed by atoms with Gasteiger partial charge in [-0.25, -0.2) is 14.8 Å². The lowest BCUT2D eigenvalue weighted by atomic mass is 9.95. The van der Waals surface area contributed by atoms with Gasteiger partial charge in [-0.15, -0.1) is 0 Å². The zero-order valence-corrected chi connectivity index (χ0v) is 17.7. The van der Waals surface area contributed by atoms with E-state index >= 15 is 0 Å². The fraction of sp³-hybridized carbons (Fsp3) is 0.240. The van der Waals surface area contributed by atoms with Crippen LogP contribution in [0.4, 0.5) is 0 Å². The number of benzene rings is 2. The maximum atomic E-state index is 12.1. The fourth-order valence-electron chi connectivity index (χ4n) is 3.86. The van der Waals surface area contributed by atoms with Crippen LogP contribution in [-0.2, 0) is 17.6 Å². The van der Waals surface area contributed by atoms with Crippen molar-refractivity contribution in [3.05, 3.63) is 82.3 Å². The molecule has 4 aromatic rings. The second-order valence-electron chi connectivity index (χ2n) is 7.45. The number of carbonyl (C=O) groups excluding carboxylic acids is 1. The summed E-state index contributed by atoms with van der Waals surface area (Å²) in [6.45, 7) is 6.26. The average molecular weight is 399 g/mol. The van der Waals surface area contributed by atoms with Crippen molar-refractivity contribution in [3.63, 3.8) is 0 Å². The summed E-state index contributed by atoms with van der Waals surface area (Å²) in [4.78, 5) is 24.8. The molecule has 2 aromatic heterocycles. The number of aryl methyl sites for hydroxylation is 3. The number of imidazole rings is 1. The Morgan fingerprint density at radius 1 is 1.03 bits per heavy atom. The van der Waals surface area contributed by atoms with Crippen LogP contribution in [-0.4, -0.2) is 28.0 Å². The van der Waals surface area contributed by atoms with Gasteiger partial charge in [0.25, 0.3) is 0 Å². The van der Waals surface area contributed by atoms with Crippen LogP contribution in [0.25, 0.3) is 22.3 Å². The smallest absolute Gasteiger partial charge is 0.338 e. The van der Waals surface area contributed by atoms with Gasteiger partial charge in [0.1, 0.15) is 5.82 Å². The van der Waals surface area contributed by atoms with E-state index in [1.807, 2.05) is 25.1 Å². The summed E-state index contributed by atoms with van der Waals surface area (Å²) in [5, 5.41) is 0. The Balaban J connectivity index is 1.66. The lowest BCUT2D eigenvalue weighted by Gasteiger charge is -2.12. The molecule has 0 unspecified atom stereocenters. The number of rotatable bonds is 5. The summed E-state index contributed by atoms with van der Waals surface area (Å²) in [5.41, 5.74) is 8.86. The van der Waals surface area contributed by atoms with Crippen LogP contribution >= 0.6 is 0 Å². The number of ether oxygens (including phenoxy) is 1. The van der Waals surface area contributed by atoms with Gasteiger partial charge >= 0.3 is 5.97 Å². The molecule has 0 aliphatic carbocycles. The largest absolute Gasteiger partial charge is 0.465 e. The van der Waals surface area contributed by atoms with Gasteiger partial charge < -0.3 is 9.72 Å². The molecule has 4 rings (SSSR count). The second-order valence-corrected chi connectivity index (χ2v) is 7.45. The molecule has 0 atom stereocenters. The van der Waals surface area contributed by atoms with Crippen molar-refractivity contribution < 1.29 is 9.53 Å². The molecule has 0 amide bonds. The SMILES string of the molecule is CCc1nc2nc(C)c(Cc3ccc(-c4ccccc4C(=O)OC)cc3)c(C)c2[nH]1. The quantitative estimate of drug-likeness (QED) is 0.470. The van der Waals surface area contributed by atoms with E-state index in [1.165, 1.54) is 23.8 Å². The summed E-state index contributed by atoms with van der Waals surface area (Å²) >= 11 is 0. The van der Waals surface area contributed by atoms with Crippen LogP contribution in [0.3, 0.4) is 0 Å². The number of fused-ring (bicyclic) bond motifs is 1. The van der Waals surface area contributed by atoms with E-state index in [1.54, 1.807) is 6.07 Å². The average Bonchev–Trinajstić information content (AvgIpc) is 3.20. The molecular weight excluding hydrogens is 374 g/mol. The lowest BCUT2D eigenvalue weighted by molar-refractivity contribution is 0.0601. The molecule has 30 heavy (non-hydrogen) atoms. The summed E-state index contributed by atoms with van der Waals surface area (Å²) in [7, 11) is 1.40. The first-order chi connectivity index (χ1) is 14.5. The number of aromatic nitrogens is 3. The van der Waals surface area contributed by atoms with E-state index in [2.05, 4.69) is 48.1 Å². The van der Waals surface area contributed by atoms with Crippen molar-refractivity contribution in [2.24, 2.45) is 0 Å². The van der Waals surface area contributed by atoms with Crippen LogP contribution in [0, 0.1) is 13.8 Å². The summed E-state index contributed by atoms with van der Waals surface area (Å²) in [6.07, 6.45) is 1.65. The van der Waals surface area contributed by atoms with Crippen LogP contribution in [0.1, 0.15) is 45.5 Å². The summed E-state index contributed by atoms with van der Waals surface area (Å²) < 4.78 is 4.92. The highest BCUT2D eigenvalue weighted by Gasteiger charge is 2.15. The maximum Gasteiger partial charge on any atom is 0.338 e. The highest BCUT2D eigenvalue weighted by atomic mass is 16.5. The molecule has 0 fully saturated rings. The van der Waals surface area contributed by atoms with E-state index in [-0.39, 0.29) is 5.97 Å². The van der Waals surface area contributed by atoms with E-state index in [0.717, 1.165) is 46.7 Å². The van der Waals surface area contributed by atoms with Gasteiger partial charge in [-0.05, 0) is 54.2 Å². The standard InChI is InChI=1S/C25H25N3O2/c1-5-22-27-23-15(2)21(16(3)26-24(23)28-22)14-17-10-12-18(13-11-17)19-8-6-7-9-20(19)25(29)30-4/h6-13H,5,14H2,1-4H3,(H,26,27,28). The topological polar surface area (TPSA) is 67.9 Å². The van der Waals surface area contributed by atoms with Crippen LogP contribution in [0.5, 0.6) is 0 Å². The van der Waals surface area contributed by atoms with Gasteiger partial charge in [0.2, 0.25) is 0 Å². The van der Waals surface area contributed by atoms with Crippen molar-refractivity contribution in [2.75, 3.05) is 7.11 Å². The molecule has 0 saturated heterocycles. The molecule has 2 heterocycles. The van der Waals surface area contributed by atoms with Gasteiger partial charge in [-0.2, -0.15) is 0 Å². The minimum atomic E-state index is -0.327. The Morgan fingerprint density at radius 3 is 2.47 bits per heavy atom. The molecule has 152 valence electrons. The van der Waals surface area contributed by atoms with Crippen molar-refractivity contribution >= 4 is 17.1 Å². The molecule has 0 aliphatic heterocycles. The first kappa shape index (κ1) is 19.8. The van der Waals surface area contributed by atoms with Gasteiger partial charge in [0, 0.05) is 12.1 Å². The van der Waals surface area contributed by atoms with Crippen LogP contribution < -0.4 is 0 Å². The highest BCUT2D eigenvalue weighted by Crippen LogP contribution is 2.27. The lowest BCUT2D eigenvalue weighted by Crippen LogP contribution is -2.03. The van der Waals surface area contributed by atoms with Gasteiger partial charge in [0.15, 0.2) is 5.65 Å². The number of hydrogen-bond acceptors (Lipinski definition) is 4. The Hall–Kier alpha value is -3.47. The Kier molecular flexibility index (Phi) is 5.36. The molecule has 1 N–H and O–H groups in total. The molecular formula is C25H25N3O2. The number of pyridine rings is 1. The Bertz CT molecular complexity index is 1220. The van der Waals surface area contributed by atoms with Crippen molar-refractivity contribution in [1.82, 2.24) is 15.0 Å². The summed E-state index contributed by atoms with van der Waals surface area (Å²) in [6, 6.07) is 15.8. The first-order valence-corrected chi connectivity index (χ1v) is 10.1. The van der Waals surface area contributed by atoms with Crippen molar-refractivity contribution in [3.8, 4) is 11.1 Å². The minimum absolute atomic E-state index is 0.327. The second kappa shape index (κ2) is 8.11. The number of nitrogens with one attached hydrogen (secondary N) is 1. The molecule has 0 radical (unpaired) electrons. The molecule has 5 nitrogen and oxygen atoms in total. The third-order valence-electron chi connectivity index (χ3n) is 5.58. The molecule has 0 aliphatic rings. The minimum Gasteiger partial charge on any atom is -0.465 e. The number of hydrogen-bond donors (Lipinski definition) is 1. The van der Waals surface area contributed by atoms with E-state index in [9.17, 15) is 4.79 Å². The van der Waals surface area contributed by atoms with Gasteiger partial charge in [0.05, 0.1) is 18.2 Å². The van der Waals surface area contributed by atoms with Gasteiger partial charge in [-0.3, -0.25) is 0 Å². The molecule has 0 bridgehead atoms. The fourth-order valence-corrected chi connectivity index (χ4v) is 3.86. The zero-order valence-electron chi connectivity index (χ0n) is 17.7. The Morgan fingerprint density at radius 2 is 1.77 bits per heavy atom. The van der Waals surface area contributed by atoms with Crippen molar-refractivity contribution in [1.29, 1.82) is 0 Å². The monoisotopic (exact) mass is 399 g/mol. The predicted molar refractivity (Wildman–Crippen MR) is 119 cm³/mol. The highest BCUT2D eigenvalue weighted by molar-refractivity contribution is 5.97.